The van der Waals surface area contributed by atoms with Gasteiger partial charge in [-0.3, -0.25) is 4.79 Å². The average Bonchev–Trinajstić information content (AvgIpc) is 1.99. The topological polar surface area (TPSA) is 65.2 Å². The molecule has 2 N–H and O–H groups in total. The van der Waals surface area contributed by atoms with Gasteiger partial charge in [0.2, 0.25) is 5.88 Å². The van der Waals surface area contributed by atoms with Crippen LogP contribution in [0.5, 0.6) is 5.88 Å². The van der Waals surface area contributed by atoms with Gasteiger partial charge in [0.15, 0.2) is 0 Å². The Morgan fingerprint density at radius 3 is 2.47 bits per heavy atom. The number of nitrogens with two attached hydrogens (primary N) is 1. The van der Waals surface area contributed by atoms with Gasteiger partial charge in [-0.1, -0.05) is 11.6 Å². The van der Waals surface area contributed by atoms with Crippen LogP contribution in [0.25, 0.3) is 0 Å². The monoisotopic (exact) mass is 240 g/mol. The molecule has 0 aliphatic rings. The maximum atomic E-state index is 11.7. The van der Waals surface area contributed by atoms with Gasteiger partial charge in [0, 0.05) is 6.07 Å². The van der Waals surface area contributed by atoms with Crippen LogP contribution in [0, 0.1) is 0 Å². The molecule has 0 fully saturated rings. The Hall–Kier alpha value is -1.50. The highest BCUT2D eigenvalue weighted by atomic mass is 35.5. The molecule has 1 aromatic rings. The summed E-state index contributed by atoms with van der Waals surface area (Å²) < 4.78 is 38.7. The van der Waals surface area contributed by atoms with E-state index in [9.17, 15) is 18.0 Å². The zero-order valence-corrected chi connectivity index (χ0v) is 7.76. The smallest absolute Gasteiger partial charge is 0.388 e. The minimum absolute atomic E-state index is 0.175. The summed E-state index contributed by atoms with van der Waals surface area (Å²) >= 11 is 5.39. The first kappa shape index (κ1) is 11.6. The average molecular weight is 241 g/mol. The molecule has 1 rings (SSSR count). The molecule has 1 amide bonds. The zero-order valence-electron chi connectivity index (χ0n) is 7.01. The maximum absolute atomic E-state index is 11.7. The third-order valence-electron chi connectivity index (χ3n) is 1.31. The van der Waals surface area contributed by atoms with E-state index in [0.717, 1.165) is 12.1 Å². The van der Waals surface area contributed by atoms with E-state index in [-0.39, 0.29) is 5.56 Å². The van der Waals surface area contributed by atoms with Gasteiger partial charge in [0.1, 0.15) is 5.15 Å². The lowest BCUT2D eigenvalue weighted by molar-refractivity contribution is -0.276. The Labute approximate surface area is 86.8 Å². The molecule has 0 atom stereocenters. The van der Waals surface area contributed by atoms with Crippen molar-refractivity contribution in [3.8, 4) is 5.88 Å². The highest BCUT2D eigenvalue weighted by Crippen LogP contribution is 2.23. The van der Waals surface area contributed by atoms with Crippen LogP contribution >= 0.6 is 11.6 Å². The molecule has 0 aliphatic heterocycles. The predicted molar refractivity (Wildman–Crippen MR) is 44.4 cm³/mol. The maximum Gasteiger partial charge on any atom is 0.574 e. The van der Waals surface area contributed by atoms with Gasteiger partial charge >= 0.3 is 6.36 Å². The number of carbonyl (C=O) groups excluding carboxylic acids is 1. The first-order valence-electron chi connectivity index (χ1n) is 3.51. The van der Waals surface area contributed by atoms with E-state index in [1.165, 1.54) is 0 Å². The highest BCUT2D eigenvalue weighted by Gasteiger charge is 2.32. The number of rotatable bonds is 2. The molecule has 15 heavy (non-hydrogen) atoms. The minimum Gasteiger partial charge on any atom is -0.388 e. The summed E-state index contributed by atoms with van der Waals surface area (Å²) in [4.78, 5) is 13.9. The molecular weight excluding hydrogens is 237 g/mol. The van der Waals surface area contributed by atoms with Gasteiger partial charge in [-0.15, -0.1) is 13.2 Å². The van der Waals surface area contributed by atoms with Crippen molar-refractivity contribution in [3.05, 3.63) is 22.8 Å². The fraction of sp³-hybridized carbons (Fsp3) is 0.143. The largest absolute Gasteiger partial charge is 0.574 e. The molecule has 0 aliphatic carbocycles. The highest BCUT2D eigenvalue weighted by molar-refractivity contribution is 6.32. The van der Waals surface area contributed by atoms with Crippen LogP contribution in [0.2, 0.25) is 5.15 Å². The van der Waals surface area contributed by atoms with Crippen molar-refractivity contribution in [1.82, 2.24) is 4.98 Å². The number of nitrogens with zero attached hydrogens (tertiary/aromatic N) is 1. The second-order valence-electron chi connectivity index (χ2n) is 2.40. The lowest BCUT2D eigenvalue weighted by Crippen LogP contribution is -2.18. The van der Waals surface area contributed by atoms with E-state index in [1.54, 1.807) is 0 Å². The Balaban J connectivity index is 2.97. The number of pyridine rings is 1. The van der Waals surface area contributed by atoms with Crippen molar-refractivity contribution in [3.63, 3.8) is 0 Å². The van der Waals surface area contributed by atoms with Crippen molar-refractivity contribution < 1.29 is 22.7 Å². The SMILES string of the molecule is NC(=O)c1ccc(OC(F)(F)F)nc1Cl. The predicted octanol–water partition coefficient (Wildman–Crippen LogP) is 1.73. The fourth-order valence-electron chi connectivity index (χ4n) is 0.777. The lowest BCUT2D eigenvalue weighted by Gasteiger charge is -2.08. The molecule has 0 aromatic carbocycles. The van der Waals surface area contributed by atoms with Crippen molar-refractivity contribution in [2.75, 3.05) is 0 Å². The summed E-state index contributed by atoms with van der Waals surface area (Å²) in [5.74, 6) is -1.64. The molecule has 0 saturated heterocycles. The molecule has 1 heterocycles. The normalized spacial score (nSPS) is 11.2. The summed E-state index contributed by atoms with van der Waals surface area (Å²) in [6, 6.07) is 1.85. The van der Waals surface area contributed by atoms with Gasteiger partial charge in [-0.2, -0.15) is 0 Å². The molecule has 0 radical (unpaired) electrons. The molecule has 0 saturated carbocycles. The molecule has 0 unspecified atom stereocenters. The number of primary amides is 1. The van der Waals surface area contributed by atoms with Crippen molar-refractivity contribution in [1.29, 1.82) is 0 Å². The van der Waals surface area contributed by atoms with Gasteiger partial charge in [0.25, 0.3) is 5.91 Å². The van der Waals surface area contributed by atoms with Crippen LogP contribution in [-0.2, 0) is 0 Å². The lowest BCUT2D eigenvalue weighted by atomic mass is 10.3. The number of ether oxygens (including phenoxy) is 1. The van der Waals surface area contributed by atoms with E-state index >= 15 is 0 Å². The summed E-state index contributed by atoms with van der Waals surface area (Å²) in [6.45, 7) is 0. The van der Waals surface area contributed by atoms with E-state index in [0.29, 0.717) is 0 Å². The summed E-state index contributed by atoms with van der Waals surface area (Å²) in [6.07, 6.45) is -4.86. The standard InChI is InChI=1S/C7H4ClF3N2O2/c8-5-3(6(12)14)1-2-4(13-5)15-7(9,10)11/h1-2H,(H2,12,14). The summed E-state index contributed by atoms with van der Waals surface area (Å²) in [5, 5.41) is -0.441. The zero-order chi connectivity index (χ0) is 11.6. The third-order valence-corrected chi connectivity index (χ3v) is 1.60. The second-order valence-corrected chi connectivity index (χ2v) is 2.76. The minimum atomic E-state index is -4.86. The quantitative estimate of drug-likeness (QED) is 0.801. The van der Waals surface area contributed by atoms with E-state index < -0.39 is 23.3 Å². The van der Waals surface area contributed by atoms with Crippen LogP contribution in [0.4, 0.5) is 13.2 Å². The Morgan fingerprint density at radius 2 is 2.07 bits per heavy atom. The Morgan fingerprint density at radius 1 is 1.47 bits per heavy atom. The molecule has 0 spiro atoms. The van der Waals surface area contributed by atoms with Crippen LogP contribution < -0.4 is 10.5 Å². The summed E-state index contributed by atoms with van der Waals surface area (Å²) in [5.41, 5.74) is 4.69. The van der Waals surface area contributed by atoms with E-state index in [2.05, 4.69) is 9.72 Å². The first-order valence-corrected chi connectivity index (χ1v) is 3.89. The number of carbonyl (C=O) groups is 1. The number of alkyl halides is 3. The van der Waals surface area contributed by atoms with Crippen LogP contribution in [0.3, 0.4) is 0 Å². The fourth-order valence-corrected chi connectivity index (χ4v) is 1.02. The third kappa shape index (κ3) is 3.28. The van der Waals surface area contributed by atoms with Crippen molar-refractivity contribution in [2.45, 2.75) is 6.36 Å². The van der Waals surface area contributed by atoms with Crippen molar-refractivity contribution >= 4 is 17.5 Å². The number of hydrogen-bond acceptors (Lipinski definition) is 3. The second kappa shape index (κ2) is 3.93. The van der Waals surface area contributed by atoms with Crippen LogP contribution in [0.1, 0.15) is 10.4 Å². The van der Waals surface area contributed by atoms with E-state index in [1.807, 2.05) is 0 Å². The molecular formula is C7H4ClF3N2O2. The molecule has 82 valence electrons. The van der Waals surface area contributed by atoms with Crippen LogP contribution in [0.15, 0.2) is 12.1 Å². The molecule has 0 bridgehead atoms. The number of aromatic nitrogens is 1. The number of amides is 1. The van der Waals surface area contributed by atoms with E-state index in [4.69, 9.17) is 17.3 Å². The molecule has 4 nitrogen and oxygen atoms in total. The Kier molecular flexibility index (Phi) is 3.04. The number of halogens is 4. The summed E-state index contributed by atoms with van der Waals surface area (Å²) in [7, 11) is 0. The Bertz CT molecular complexity index is 394. The van der Waals surface area contributed by atoms with Gasteiger partial charge in [-0.25, -0.2) is 4.98 Å². The molecule has 8 heteroatoms. The van der Waals surface area contributed by atoms with Gasteiger partial charge in [-0.05, 0) is 6.07 Å². The van der Waals surface area contributed by atoms with Gasteiger partial charge < -0.3 is 10.5 Å². The molecule has 1 aromatic heterocycles. The number of hydrogen-bond donors (Lipinski definition) is 1. The van der Waals surface area contributed by atoms with Crippen molar-refractivity contribution in [2.24, 2.45) is 5.73 Å². The first-order chi connectivity index (χ1) is 6.79. The van der Waals surface area contributed by atoms with Crippen LogP contribution in [-0.4, -0.2) is 17.3 Å². The van der Waals surface area contributed by atoms with Gasteiger partial charge in [0.05, 0.1) is 5.56 Å².